The Morgan fingerprint density at radius 2 is 1.92 bits per heavy atom. The molecule has 0 atom stereocenters. The summed E-state index contributed by atoms with van der Waals surface area (Å²) in [6.45, 7) is 5.84. The van der Waals surface area contributed by atoms with E-state index in [1.165, 1.54) is 0 Å². The van der Waals surface area contributed by atoms with E-state index >= 15 is 0 Å². The van der Waals surface area contributed by atoms with Crippen LogP contribution in [-0.2, 0) is 0 Å². The minimum Gasteiger partial charge on any atom is -0.281 e. The number of hydrogen-bond donors (Lipinski definition) is 0. The Morgan fingerprint density at radius 3 is 2.38 bits per heavy atom. The van der Waals surface area contributed by atoms with Gasteiger partial charge in [0.25, 0.3) is 0 Å². The van der Waals surface area contributed by atoms with Crippen LogP contribution in [0.4, 0.5) is 0 Å². The maximum Gasteiger partial charge on any atom is 0.102 e. The molecule has 68 valence electrons. The van der Waals surface area contributed by atoms with Gasteiger partial charge in [0.1, 0.15) is 5.04 Å². The normalized spacial score (nSPS) is 11.4. The number of hydrogen-bond acceptors (Lipinski definition) is 2. The maximum absolute atomic E-state index is 4.22. The molecule has 0 radical (unpaired) electrons. The van der Waals surface area contributed by atoms with Gasteiger partial charge < -0.3 is 0 Å². The fourth-order valence-corrected chi connectivity index (χ4v) is 1.65. The molecule has 0 bridgehead atoms. The van der Waals surface area contributed by atoms with Gasteiger partial charge in [0.2, 0.25) is 0 Å². The summed E-state index contributed by atoms with van der Waals surface area (Å²) >= 11 is 1.61. The van der Waals surface area contributed by atoms with Gasteiger partial charge in [0.05, 0.1) is 0 Å². The molecule has 0 saturated heterocycles. The molecule has 1 aromatic carbocycles. The van der Waals surface area contributed by atoms with E-state index in [2.05, 4.69) is 23.7 Å². The van der Waals surface area contributed by atoms with Crippen LogP contribution < -0.4 is 0 Å². The molecule has 0 amide bonds. The van der Waals surface area contributed by atoms with Gasteiger partial charge in [-0.2, -0.15) is 0 Å². The van der Waals surface area contributed by atoms with Crippen LogP contribution in [-0.4, -0.2) is 12.1 Å². The summed E-state index contributed by atoms with van der Waals surface area (Å²) in [4.78, 5) is 5.28. The first-order valence-corrected chi connectivity index (χ1v) is 4.91. The van der Waals surface area contributed by atoms with Crippen molar-refractivity contribution in [3.8, 4) is 0 Å². The van der Waals surface area contributed by atoms with Crippen molar-refractivity contribution in [2.45, 2.75) is 6.92 Å². The van der Waals surface area contributed by atoms with Crippen LogP contribution in [0.2, 0.25) is 0 Å². The molecule has 2 heteroatoms. The molecule has 0 fully saturated rings. The van der Waals surface area contributed by atoms with Crippen LogP contribution in [0, 0.1) is 0 Å². The maximum atomic E-state index is 4.22. The number of allylic oxidation sites excluding steroid dienone is 1. The number of benzene rings is 1. The van der Waals surface area contributed by atoms with E-state index in [-0.39, 0.29) is 0 Å². The quantitative estimate of drug-likeness (QED) is 0.516. The first kappa shape index (κ1) is 10.1. The zero-order valence-electron chi connectivity index (χ0n) is 7.95. The Kier molecular flexibility index (Phi) is 3.77. The highest BCUT2D eigenvalue weighted by atomic mass is 32.2. The largest absolute Gasteiger partial charge is 0.281 e. The van der Waals surface area contributed by atoms with Gasteiger partial charge in [-0.3, -0.25) is 4.99 Å². The SMILES string of the molecule is C=C(C)SC(=NC)c1ccccc1. The molecule has 0 saturated carbocycles. The molecule has 0 aliphatic rings. The fraction of sp³-hybridized carbons (Fsp3) is 0.182. The lowest BCUT2D eigenvalue weighted by atomic mass is 10.2. The van der Waals surface area contributed by atoms with Crippen LogP contribution >= 0.6 is 11.8 Å². The number of aliphatic imine (C=N–C) groups is 1. The predicted octanol–water partition coefficient (Wildman–Crippen LogP) is 3.33. The van der Waals surface area contributed by atoms with Crippen molar-refractivity contribution in [2.75, 3.05) is 7.05 Å². The van der Waals surface area contributed by atoms with Crippen LogP contribution in [0.25, 0.3) is 0 Å². The molecule has 0 unspecified atom stereocenters. The fourth-order valence-electron chi connectivity index (χ4n) is 0.979. The van der Waals surface area contributed by atoms with Gasteiger partial charge in [-0.05, 0) is 11.8 Å². The average Bonchev–Trinajstić information content (AvgIpc) is 2.15. The van der Waals surface area contributed by atoms with Crippen LogP contribution in [0.3, 0.4) is 0 Å². The number of nitrogens with zero attached hydrogens (tertiary/aromatic N) is 1. The van der Waals surface area contributed by atoms with Gasteiger partial charge in [0, 0.05) is 12.6 Å². The molecule has 0 aromatic heterocycles. The Hall–Kier alpha value is -1.02. The van der Waals surface area contributed by atoms with Crippen LogP contribution in [0.15, 0.2) is 46.8 Å². The van der Waals surface area contributed by atoms with E-state index in [1.54, 1.807) is 18.8 Å². The smallest absolute Gasteiger partial charge is 0.102 e. The molecule has 0 N–H and O–H groups in total. The molecule has 1 aromatic rings. The third-order valence-electron chi connectivity index (χ3n) is 1.49. The summed E-state index contributed by atoms with van der Waals surface area (Å²) in [5, 5.41) is 1.02. The summed E-state index contributed by atoms with van der Waals surface area (Å²) in [6, 6.07) is 10.1. The highest BCUT2D eigenvalue weighted by molar-refractivity contribution is 8.17. The van der Waals surface area contributed by atoms with E-state index in [1.807, 2.05) is 25.1 Å². The molecule has 0 spiro atoms. The third-order valence-corrected chi connectivity index (χ3v) is 2.45. The Labute approximate surface area is 83.6 Å². The second-order valence-electron chi connectivity index (χ2n) is 2.70. The number of thioether (sulfide) groups is 1. The molecular weight excluding hydrogens is 178 g/mol. The van der Waals surface area contributed by atoms with Crippen LogP contribution in [0.1, 0.15) is 12.5 Å². The van der Waals surface area contributed by atoms with Crippen molar-refractivity contribution in [3.63, 3.8) is 0 Å². The van der Waals surface area contributed by atoms with Crippen LogP contribution in [0.5, 0.6) is 0 Å². The summed E-state index contributed by atoms with van der Waals surface area (Å²) < 4.78 is 0. The zero-order chi connectivity index (χ0) is 9.68. The molecule has 0 heterocycles. The topological polar surface area (TPSA) is 12.4 Å². The number of rotatable bonds is 2. The van der Waals surface area contributed by atoms with E-state index in [9.17, 15) is 0 Å². The highest BCUT2D eigenvalue weighted by Crippen LogP contribution is 2.19. The highest BCUT2D eigenvalue weighted by Gasteiger charge is 2.01. The van der Waals surface area contributed by atoms with E-state index < -0.39 is 0 Å². The Morgan fingerprint density at radius 1 is 1.31 bits per heavy atom. The molecule has 0 aliphatic heterocycles. The molecular formula is C11H13NS. The van der Waals surface area contributed by atoms with Crippen molar-refractivity contribution in [3.05, 3.63) is 47.4 Å². The minimum atomic E-state index is 1.02. The standard InChI is InChI=1S/C11H13NS/c1-9(2)13-11(12-3)10-7-5-4-6-8-10/h4-8H,1H2,2-3H3. The van der Waals surface area contributed by atoms with Crippen molar-refractivity contribution >= 4 is 16.8 Å². The van der Waals surface area contributed by atoms with Gasteiger partial charge in [-0.25, -0.2) is 0 Å². The first-order chi connectivity index (χ1) is 6.24. The second-order valence-corrected chi connectivity index (χ2v) is 3.99. The zero-order valence-corrected chi connectivity index (χ0v) is 8.77. The van der Waals surface area contributed by atoms with Gasteiger partial charge in [0.15, 0.2) is 0 Å². The van der Waals surface area contributed by atoms with Crippen molar-refractivity contribution in [2.24, 2.45) is 4.99 Å². The molecule has 1 rings (SSSR count). The van der Waals surface area contributed by atoms with Gasteiger partial charge in [-0.1, -0.05) is 48.7 Å². The lowest BCUT2D eigenvalue weighted by Crippen LogP contribution is -1.94. The predicted molar refractivity (Wildman–Crippen MR) is 61.3 cm³/mol. The van der Waals surface area contributed by atoms with Crippen molar-refractivity contribution in [1.29, 1.82) is 0 Å². The average molecular weight is 191 g/mol. The lowest BCUT2D eigenvalue weighted by molar-refractivity contribution is 1.45. The third kappa shape index (κ3) is 3.07. The summed E-state index contributed by atoms with van der Waals surface area (Å²) in [7, 11) is 1.80. The molecule has 13 heavy (non-hydrogen) atoms. The Balaban J connectivity index is 2.86. The van der Waals surface area contributed by atoms with Crippen molar-refractivity contribution < 1.29 is 0 Å². The van der Waals surface area contributed by atoms with Crippen molar-refractivity contribution in [1.82, 2.24) is 0 Å². The second kappa shape index (κ2) is 4.87. The van der Waals surface area contributed by atoms with E-state index in [4.69, 9.17) is 0 Å². The lowest BCUT2D eigenvalue weighted by Gasteiger charge is -2.03. The summed E-state index contributed by atoms with van der Waals surface area (Å²) in [6.07, 6.45) is 0. The summed E-state index contributed by atoms with van der Waals surface area (Å²) in [5.41, 5.74) is 1.15. The first-order valence-electron chi connectivity index (χ1n) is 4.09. The summed E-state index contributed by atoms with van der Waals surface area (Å²) in [5.74, 6) is 0. The van der Waals surface area contributed by atoms with Gasteiger partial charge in [-0.15, -0.1) is 0 Å². The van der Waals surface area contributed by atoms with E-state index in [0.29, 0.717) is 0 Å². The monoisotopic (exact) mass is 191 g/mol. The molecule has 1 nitrogen and oxygen atoms in total. The van der Waals surface area contributed by atoms with E-state index in [0.717, 1.165) is 15.5 Å². The molecule has 0 aliphatic carbocycles. The van der Waals surface area contributed by atoms with Gasteiger partial charge >= 0.3 is 0 Å². The Bertz CT molecular complexity index is 314. The minimum absolute atomic E-state index is 1.02.